The van der Waals surface area contributed by atoms with E-state index in [9.17, 15) is 0 Å². The lowest BCUT2D eigenvalue weighted by atomic mass is 10.0. The molecule has 3 aromatic rings. The van der Waals surface area contributed by atoms with Crippen molar-refractivity contribution in [2.75, 3.05) is 0 Å². The first kappa shape index (κ1) is 13.1. The van der Waals surface area contributed by atoms with Crippen LogP contribution in [-0.2, 0) is 6.54 Å². The Labute approximate surface area is 123 Å². The van der Waals surface area contributed by atoms with Gasteiger partial charge in [-0.25, -0.2) is 4.98 Å². The first-order valence-electron chi connectivity index (χ1n) is 6.55. The molecule has 1 aromatic heterocycles. The van der Waals surface area contributed by atoms with Crippen LogP contribution in [0.1, 0.15) is 11.1 Å². The predicted octanol–water partition coefficient (Wildman–Crippen LogP) is 4.32. The van der Waals surface area contributed by atoms with Crippen molar-refractivity contribution >= 4 is 22.5 Å². The maximum atomic E-state index is 6.30. The number of aromatic nitrogens is 1. The Morgan fingerprint density at radius 2 is 1.90 bits per heavy atom. The van der Waals surface area contributed by atoms with Crippen molar-refractivity contribution in [1.29, 1.82) is 0 Å². The Kier molecular flexibility index (Phi) is 3.43. The minimum absolute atomic E-state index is 0.442. The van der Waals surface area contributed by atoms with E-state index in [2.05, 4.69) is 25.1 Å². The van der Waals surface area contributed by atoms with Crippen LogP contribution in [0.25, 0.3) is 22.2 Å². The van der Waals surface area contributed by atoms with Crippen LogP contribution in [0.2, 0.25) is 5.02 Å². The molecule has 2 nitrogen and oxygen atoms in total. The van der Waals surface area contributed by atoms with Crippen LogP contribution in [-0.4, -0.2) is 4.98 Å². The second-order valence-corrected chi connectivity index (χ2v) is 5.23. The monoisotopic (exact) mass is 282 g/mol. The van der Waals surface area contributed by atoms with Crippen molar-refractivity contribution < 1.29 is 0 Å². The fourth-order valence-corrected chi connectivity index (χ4v) is 2.66. The van der Waals surface area contributed by atoms with E-state index in [1.54, 1.807) is 0 Å². The highest BCUT2D eigenvalue weighted by Gasteiger charge is 2.11. The van der Waals surface area contributed by atoms with Crippen LogP contribution in [0.5, 0.6) is 0 Å². The van der Waals surface area contributed by atoms with Gasteiger partial charge in [-0.15, -0.1) is 0 Å². The van der Waals surface area contributed by atoms with E-state index in [0.717, 1.165) is 33.3 Å². The number of benzene rings is 2. The normalized spacial score (nSPS) is 10.9. The molecular weight excluding hydrogens is 268 g/mol. The average Bonchev–Trinajstić information content (AvgIpc) is 2.47. The number of hydrogen-bond donors (Lipinski definition) is 1. The Hall–Kier alpha value is -1.90. The number of fused-ring (bicyclic) bond motifs is 1. The van der Waals surface area contributed by atoms with Crippen LogP contribution in [0.15, 0.2) is 48.5 Å². The van der Waals surface area contributed by atoms with Gasteiger partial charge in [0.05, 0.1) is 11.2 Å². The highest BCUT2D eigenvalue weighted by atomic mass is 35.5. The summed E-state index contributed by atoms with van der Waals surface area (Å²) in [5.74, 6) is 0. The highest BCUT2D eigenvalue weighted by Crippen LogP contribution is 2.31. The third kappa shape index (κ3) is 2.17. The van der Waals surface area contributed by atoms with Gasteiger partial charge in [0.15, 0.2) is 0 Å². The molecule has 0 bridgehead atoms. The van der Waals surface area contributed by atoms with Crippen LogP contribution in [0, 0.1) is 6.92 Å². The third-order valence-corrected chi connectivity index (χ3v) is 3.80. The van der Waals surface area contributed by atoms with Gasteiger partial charge >= 0.3 is 0 Å². The molecule has 3 heteroatoms. The number of para-hydroxylation sites is 1. The van der Waals surface area contributed by atoms with E-state index in [-0.39, 0.29) is 0 Å². The summed E-state index contributed by atoms with van der Waals surface area (Å²) in [5, 5.41) is 1.81. The zero-order chi connectivity index (χ0) is 14.1. The van der Waals surface area contributed by atoms with Crippen LogP contribution in [0.4, 0.5) is 0 Å². The molecular formula is C17H15ClN2. The smallest absolute Gasteiger partial charge is 0.0769 e. The van der Waals surface area contributed by atoms with Gasteiger partial charge < -0.3 is 5.73 Å². The second-order valence-electron chi connectivity index (χ2n) is 4.83. The number of halogens is 1. The van der Waals surface area contributed by atoms with E-state index in [1.807, 2.05) is 30.3 Å². The van der Waals surface area contributed by atoms with Gasteiger partial charge in [-0.05, 0) is 30.2 Å². The van der Waals surface area contributed by atoms with Gasteiger partial charge in [0.1, 0.15) is 0 Å². The minimum Gasteiger partial charge on any atom is -0.326 e. The topological polar surface area (TPSA) is 38.9 Å². The maximum absolute atomic E-state index is 6.30. The van der Waals surface area contributed by atoms with E-state index >= 15 is 0 Å². The Morgan fingerprint density at radius 1 is 1.10 bits per heavy atom. The van der Waals surface area contributed by atoms with Crippen LogP contribution in [0.3, 0.4) is 0 Å². The standard InChI is InChI=1S/C17H15ClN2/c1-11-5-4-6-12-9-13(10-19)17(20-16(11)12)14-7-2-3-8-15(14)18/h2-9H,10,19H2,1H3. The predicted molar refractivity (Wildman–Crippen MR) is 84.8 cm³/mol. The lowest BCUT2D eigenvalue weighted by Gasteiger charge is -2.12. The number of nitrogens with zero attached hydrogens (tertiary/aromatic N) is 1. The van der Waals surface area contributed by atoms with Crippen molar-refractivity contribution in [2.45, 2.75) is 13.5 Å². The van der Waals surface area contributed by atoms with Crippen molar-refractivity contribution in [2.24, 2.45) is 5.73 Å². The van der Waals surface area contributed by atoms with Crippen molar-refractivity contribution in [3.8, 4) is 11.3 Å². The van der Waals surface area contributed by atoms with E-state index in [1.165, 1.54) is 0 Å². The fraction of sp³-hybridized carbons (Fsp3) is 0.118. The summed E-state index contributed by atoms with van der Waals surface area (Å²) in [4.78, 5) is 4.81. The Balaban J connectivity index is 2.34. The van der Waals surface area contributed by atoms with Crippen LogP contribution < -0.4 is 5.73 Å². The molecule has 0 atom stereocenters. The molecule has 0 fully saturated rings. The van der Waals surface area contributed by atoms with Gasteiger partial charge in [-0.2, -0.15) is 0 Å². The molecule has 0 aliphatic rings. The molecule has 100 valence electrons. The summed E-state index contributed by atoms with van der Waals surface area (Å²) in [6, 6.07) is 16.0. The third-order valence-electron chi connectivity index (χ3n) is 3.48. The molecule has 3 rings (SSSR count). The molecule has 0 aliphatic carbocycles. The average molecular weight is 283 g/mol. The summed E-state index contributed by atoms with van der Waals surface area (Å²) < 4.78 is 0. The fourth-order valence-electron chi connectivity index (χ4n) is 2.43. The summed E-state index contributed by atoms with van der Waals surface area (Å²) in [7, 11) is 0. The molecule has 2 aromatic carbocycles. The summed E-state index contributed by atoms with van der Waals surface area (Å²) in [6.07, 6.45) is 0. The number of rotatable bonds is 2. The first-order valence-corrected chi connectivity index (χ1v) is 6.92. The molecule has 0 saturated carbocycles. The zero-order valence-corrected chi connectivity index (χ0v) is 12.0. The molecule has 20 heavy (non-hydrogen) atoms. The molecule has 0 amide bonds. The first-order chi connectivity index (χ1) is 9.70. The van der Waals surface area contributed by atoms with Crippen LogP contribution >= 0.6 is 11.6 Å². The molecule has 0 aliphatic heterocycles. The summed E-state index contributed by atoms with van der Waals surface area (Å²) >= 11 is 6.30. The number of pyridine rings is 1. The molecule has 0 unspecified atom stereocenters. The summed E-state index contributed by atoms with van der Waals surface area (Å²) in [6.45, 7) is 2.51. The largest absolute Gasteiger partial charge is 0.326 e. The number of hydrogen-bond acceptors (Lipinski definition) is 2. The molecule has 0 radical (unpaired) electrons. The lowest BCUT2D eigenvalue weighted by molar-refractivity contribution is 1.06. The Morgan fingerprint density at radius 3 is 2.65 bits per heavy atom. The second kappa shape index (κ2) is 5.23. The van der Waals surface area contributed by atoms with Crippen molar-refractivity contribution in [3.05, 3.63) is 64.7 Å². The molecule has 1 heterocycles. The van der Waals surface area contributed by atoms with E-state index < -0.39 is 0 Å². The van der Waals surface area contributed by atoms with Crippen molar-refractivity contribution in [3.63, 3.8) is 0 Å². The molecule has 0 saturated heterocycles. The van der Waals surface area contributed by atoms with Gasteiger partial charge in [0.25, 0.3) is 0 Å². The maximum Gasteiger partial charge on any atom is 0.0769 e. The van der Waals surface area contributed by atoms with Crippen molar-refractivity contribution in [1.82, 2.24) is 4.98 Å². The lowest BCUT2D eigenvalue weighted by Crippen LogP contribution is -2.02. The Bertz CT molecular complexity index is 781. The molecule has 0 spiro atoms. The molecule has 2 N–H and O–H groups in total. The minimum atomic E-state index is 0.442. The van der Waals surface area contributed by atoms with Gasteiger partial charge in [0, 0.05) is 22.5 Å². The summed E-state index contributed by atoms with van der Waals surface area (Å²) in [5.41, 5.74) is 10.9. The number of aryl methyl sites for hydroxylation is 1. The van der Waals surface area contributed by atoms with Gasteiger partial charge in [-0.1, -0.05) is 48.0 Å². The van der Waals surface area contributed by atoms with Gasteiger partial charge in [-0.3, -0.25) is 0 Å². The number of nitrogens with two attached hydrogens (primary N) is 1. The zero-order valence-electron chi connectivity index (χ0n) is 11.2. The SMILES string of the molecule is Cc1cccc2cc(CN)c(-c3ccccc3Cl)nc12. The van der Waals surface area contributed by atoms with E-state index in [4.69, 9.17) is 22.3 Å². The van der Waals surface area contributed by atoms with E-state index in [0.29, 0.717) is 11.6 Å². The van der Waals surface area contributed by atoms with Gasteiger partial charge in [0.2, 0.25) is 0 Å². The quantitative estimate of drug-likeness (QED) is 0.760. The highest BCUT2D eigenvalue weighted by molar-refractivity contribution is 6.33.